The van der Waals surface area contributed by atoms with Crippen LogP contribution in [-0.2, 0) is 11.3 Å². The van der Waals surface area contributed by atoms with Crippen LogP contribution in [0.1, 0.15) is 17.5 Å². The quantitative estimate of drug-likeness (QED) is 0.866. The van der Waals surface area contributed by atoms with Gasteiger partial charge in [-0.25, -0.2) is 4.98 Å². The molecule has 0 spiro atoms. The summed E-state index contributed by atoms with van der Waals surface area (Å²) >= 11 is 0. The van der Waals surface area contributed by atoms with Gasteiger partial charge in [-0.3, -0.25) is 4.90 Å². The van der Waals surface area contributed by atoms with Gasteiger partial charge in [-0.15, -0.1) is 0 Å². The maximum absolute atomic E-state index is 5.81. The van der Waals surface area contributed by atoms with E-state index in [-0.39, 0.29) is 0 Å². The Morgan fingerprint density at radius 1 is 1.17 bits per heavy atom. The number of methoxy groups -OCH3 is 1. The van der Waals surface area contributed by atoms with E-state index in [2.05, 4.69) is 52.4 Å². The van der Waals surface area contributed by atoms with Crippen molar-refractivity contribution in [2.75, 3.05) is 20.3 Å². The molecule has 2 aromatic rings. The predicted molar refractivity (Wildman–Crippen MR) is 93.8 cm³/mol. The van der Waals surface area contributed by atoms with Crippen molar-refractivity contribution in [3.63, 3.8) is 0 Å². The van der Waals surface area contributed by atoms with E-state index in [9.17, 15) is 0 Å². The number of morpholine rings is 1. The van der Waals surface area contributed by atoms with Gasteiger partial charge in [0.25, 0.3) is 0 Å². The van der Waals surface area contributed by atoms with Gasteiger partial charge in [-0.1, -0.05) is 36.4 Å². The predicted octanol–water partition coefficient (Wildman–Crippen LogP) is 3.15. The van der Waals surface area contributed by atoms with E-state index in [1.807, 2.05) is 6.07 Å². The van der Waals surface area contributed by atoms with Crippen LogP contribution in [0.5, 0.6) is 5.88 Å². The van der Waals surface area contributed by atoms with E-state index in [0.29, 0.717) is 18.0 Å². The number of hydrogen-bond donors (Lipinski definition) is 0. The van der Waals surface area contributed by atoms with Crippen molar-refractivity contribution in [3.05, 3.63) is 65.9 Å². The molecule has 1 aromatic heterocycles. The van der Waals surface area contributed by atoms with Crippen LogP contribution in [0.2, 0.25) is 0 Å². The molecule has 2 bridgehead atoms. The molecule has 124 valence electrons. The minimum Gasteiger partial charge on any atom is -0.481 e. The first-order valence-corrected chi connectivity index (χ1v) is 8.42. The molecule has 3 heterocycles. The van der Waals surface area contributed by atoms with Crippen molar-refractivity contribution in [1.82, 2.24) is 9.88 Å². The van der Waals surface area contributed by atoms with E-state index >= 15 is 0 Å². The van der Waals surface area contributed by atoms with Gasteiger partial charge in [-0.05, 0) is 29.7 Å². The normalized spacial score (nSPS) is 23.6. The number of ether oxygens (including phenoxy) is 2. The van der Waals surface area contributed by atoms with E-state index in [1.54, 1.807) is 13.3 Å². The molecule has 1 aromatic carbocycles. The summed E-state index contributed by atoms with van der Waals surface area (Å²) in [5.74, 6) is 0.708. The highest BCUT2D eigenvalue weighted by molar-refractivity contribution is 5.71. The number of nitrogens with zero attached hydrogens (tertiary/aromatic N) is 2. The van der Waals surface area contributed by atoms with E-state index in [4.69, 9.17) is 9.47 Å². The van der Waals surface area contributed by atoms with Gasteiger partial charge in [0.1, 0.15) is 0 Å². The second kappa shape index (κ2) is 6.75. The zero-order valence-electron chi connectivity index (χ0n) is 13.9. The van der Waals surface area contributed by atoms with Crippen LogP contribution < -0.4 is 4.74 Å². The Balaban J connectivity index is 1.62. The van der Waals surface area contributed by atoms with Crippen LogP contribution in [0.15, 0.2) is 54.7 Å². The third-order valence-electron chi connectivity index (χ3n) is 4.86. The molecule has 24 heavy (non-hydrogen) atoms. The Labute approximate surface area is 142 Å². The van der Waals surface area contributed by atoms with Crippen LogP contribution in [-0.4, -0.2) is 42.3 Å². The molecule has 4 heteroatoms. The minimum atomic E-state index is 0.303. The molecule has 0 amide bonds. The van der Waals surface area contributed by atoms with Crippen molar-refractivity contribution >= 4 is 5.57 Å². The summed E-state index contributed by atoms with van der Waals surface area (Å²) < 4.78 is 11.3. The maximum Gasteiger partial charge on any atom is 0.220 e. The fourth-order valence-electron chi connectivity index (χ4n) is 3.70. The lowest BCUT2D eigenvalue weighted by Crippen LogP contribution is -2.53. The second-order valence-corrected chi connectivity index (χ2v) is 6.37. The summed E-state index contributed by atoms with van der Waals surface area (Å²) in [4.78, 5) is 6.91. The molecule has 1 saturated heterocycles. The second-order valence-electron chi connectivity index (χ2n) is 6.37. The lowest BCUT2D eigenvalue weighted by molar-refractivity contribution is -0.0403. The summed E-state index contributed by atoms with van der Waals surface area (Å²) in [5, 5.41) is 0. The van der Waals surface area contributed by atoms with Crippen molar-refractivity contribution in [1.29, 1.82) is 0 Å². The van der Waals surface area contributed by atoms with E-state index in [1.165, 1.54) is 11.1 Å². The zero-order chi connectivity index (χ0) is 16.4. The average Bonchev–Trinajstić information content (AvgIpc) is 2.62. The Kier molecular flexibility index (Phi) is 4.32. The van der Waals surface area contributed by atoms with Crippen LogP contribution in [0.25, 0.3) is 5.57 Å². The molecule has 0 aliphatic carbocycles. The summed E-state index contributed by atoms with van der Waals surface area (Å²) in [6, 6.07) is 15.4. The third-order valence-corrected chi connectivity index (χ3v) is 4.86. The van der Waals surface area contributed by atoms with Crippen molar-refractivity contribution in [2.24, 2.45) is 0 Å². The SMILES string of the molecule is COc1ncccc1C1=CC2COCC(C1)N2Cc1ccccc1. The van der Waals surface area contributed by atoms with Crippen LogP contribution in [0, 0.1) is 0 Å². The topological polar surface area (TPSA) is 34.6 Å². The smallest absolute Gasteiger partial charge is 0.220 e. The van der Waals surface area contributed by atoms with Crippen LogP contribution in [0.3, 0.4) is 0 Å². The number of aromatic nitrogens is 1. The average molecular weight is 322 g/mol. The lowest BCUT2D eigenvalue weighted by atomic mass is 9.89. The number of fused-ring (bicyclic) bond motifs is 2. The first-order valence-electron chi connectivity index (χ1n) is 8.42. The van der Waals surface area contributed by atoms with Gasteiger partial charge in [-0.2, -0.15) is 0 Å². The van der Waals surface area contributed by atoms with Crippen LogP contribution in [0.4, 0.5) is 0 Å². The maximum atomic E-state index is 5.81. The van der Waals surface area contributed by atoms with Gasteiger partial charge in [0, 0.05) is 24.3 Å². The standard InChI is InChI=1S/C20H22N2O2/c1-23-20-19(8-5-9-21-20)16-10-17-13-24-14-18(11-16)22(17)12-15-6-3-2-4-7-15/h2-10,17-18H,11-14H2,1H3. The monoisotopic (exact) mass is 322 g/mol. The molecule has 4 rings (SSSR count). The zero-order valence-corrected chi connectivity index (χ0v) is 13.9. The number of pyridine rings is 1. The van der Waals surface area contributed by atoms with Gasteiger partial charge < -0.3 is 9.47 Å². The molecule has 1 fully saturated rings. The van der Waals surface area contributed by atoms with Crippen molar-refractivity contribution in [2.45, 2.75) is 25.0 Å². The molecule has 0 radical (unpaired) electrons. The minimum absolute atomic E-state index is 0.303. The van der Waals surface area contributed by atoms with Gasteiger partial charge in [0.15, 0.2) is 0 Å². The molecule has 0 saturated carbocycles. The van der Waals surface area contributed by atoms with Gasteiger partial charge in [0.05, 0.1) is 26.4 Å². The molecule has 2 aliphatic heterocycles. The Hall–Kier alpha value is -2.17. The highest BCUT2D eigenvalue weighted by atomic mass is 16.5. The highest BCUT2D eigenvalue weighted by Gasteiger charge is 2.35. The fraction of sp³-hybridized carbons (Fsp3) is 0.350. The first kappa shape index (κ1) is 15.4. The summed E-state index contributed by atoms with van der Waals surface area (Å²) in [6.45, 7) is 2.49. The van der Waals surface area contributed by atoms with E-state index in [0.717, 1.165) is 31.7 Å². The first-order chi connectivity index (χ1) is 11.8. The molecular formula is C20H22N2O2. The van der Waals surface area contributed by atoms with Gasteiger partial charge in [0.2, 0.25) is 5.88 Å². The molecule has 2 aliphatic rings. The number of hydrogen-bond acceptors (Lipinski definition) is 4. The van der Waals surface area contributed by atoms with Gasteiger partial charge >= 0.3 is 0 Å². The summed E-state index contributed by atoms with van der Waals surface area (Å²) in [7, 11) is 1.68. The molecule has 0 N–H and O–H groups in total. The molecule has 4 nitrogen and oxygen atoms in total. The highest BCUT2D eigenvalue weighted by Crippen LogP contribution is 2.36. The summed E-state index contributed by atoms with van der Waals surface area (Å²) in [6.07, 6.45) is 5.07. The third kappa shape index (κ3) is 2.95. The Morgan fingerprint density at radius 2 is 2.04 bits per heavy atom. The lowest BCUT2D eigenvalue weighted by Gasteiger charge is -2.44. The fourth-order valence-corrected chi connectivity index (χ4v) is 3.70. The van der Waals surface area contributed by atoms with Crippen molar-refractivity contribution in [3.8, 4) is 5.88 Å². The summed E-state index contributed by atoms with van der Waals surface area (Å²) in [5.41, 5.74) is 3.78. The van der Waals surface area contributed by atoms with Crippen LogP contribution >= 0.6 is 0 Å². The van der Waals surface area contributed by atoms with E-state index < -0.39 is 0 Å². The number of rotatable bonds is 4. The largest absolute Gasteiger partial charge is 0.481 e. The Bertz CT molecular complexity index is 729. The Morgan fingerprint density at radius 3 is 2.83 bits per heavy atom. The molecular weight excluding hydrogens is 300 g/mol. The molecule has 2 atom stereocenters. The van der Waals surface area contributed by atoms with Crippen molar-refractivity contribution < 1.29 is 9.47 Å². The molecule has 2 unspecified atom stereocenters. The number of benzene rings is 1.